The van der Waals surface area contributed by atoms with E-state index in [9.17, 15) is 23.6 Å². The molecule has 2 aromatic carbocycles. The Morgan fingerprint density at radius 2 is 1.83 bits per heavy atom. The number of benzene rings is 2. The van der Waals surface area contributed by atoms with Crippen molar-refractivity contribution in [1.82, 2.24) is 4.98 Å². The van der Waals surface area contributed by atoms with Crippen LogP contribution in [-0.2, 0) is 9.84 Å². The molecule has 3 aromatic rings. The molecule has 7 nitrogen and oxygen atoms in total. The van der Waals surface area contributed by atoms with Crippen molar-refractivity contribution < 1.29 is 18.4 Å². The third-order valence-electron chi connectivity index (χ3n) is 3.82. The molecule has 0 amide bonds. The Morgan fingerprint density at radius 3 is 2.46 bits per heavy atom. The molecule has 1 heterocycles. The third-order valence-corrected chi connectivity index (χ3v) is 5.59. The topological polar surface area (TPSA) is 113 Å². The number of H-pyrrole nitrogens is 1. The lowest BCUT2D eigenvalue weighted by Crippen LogP contribution is -2.13. The number of nitro benzene ring substituents is 1. The number of non-ortho nitro benzene ring substituents is 1. The Bertz CT molecular complexity index is 1020. The van der Waals surface area contributed by atoms with Gasteiger partial charge in [0.15, 0.2) is 5.44 Å². The number of hydrogen-bond donors (Lipinski definition) is 2. The predicted octanol–water partition coefficient (Wildman–Crippen LogP) is 2.85. The van der Waals surface area contributed by atoms with Gasteiger partial charge in [0.05, 0.1) is 9.82 Å². The zero-order chi connectivity index (χ0) is 17.5. The summed E-state index contributed by atoms with van der Waals surface area (Å²) in [7, 11) is -4.04. The van der Waals surface area contributed by atoms with E-state index in [4.69, 9.17) is 0 Å². The Kier molecular flexibility index (Phi) is 3.86. The van der Waals surface area contributed by atoms with Gasteiger partial charge < -0.3 is 10.1 Å². The fourth-order valence-electron chi connectivity index (χ4n) is 2.47. The van der Waals surface area contributed by atoms with Crippen molar-refractivity contribution in [3.8, 4) is 0 Å². The summed E-state index contributed by atoms with van der Waals surface area (Å²) in [4.78, 5) is 13.1. The summed E-state index contributed by atoms with van der Waals surface area (Å²) in [6.45, 7) is 1.83. The average Bonchev–Trinajstić information content (AvgIpc) is 2.97. The second kappa shape index (κ2) is 5.73. The molecule has 3 rings (SSSR count). The summed E-state index contributed by atoms with van der Waals surface area (Å²) in [6.07, 6.45) is 1.35. The molecule has 0 fully saturated rings. The number of aliphatic hydroxyl groups excluding tert-OH is 1. The second-order valence-electron chi connectivity index (χ2n) is 5.44. The number of hydrogen-bond acceptors (Lipinski definition) is 5. The first-order valence-corrected chi connectivity index (χ1v) is 8.59. The van der Waals surface area contributed by atoms with Gasteiger partial charge in [-0.15, -0.1) is 0 Å². The maximum atomic E-state index is 12.6. The van der Waals surface area contributed by atoms with Gasteiger partial charge in [-0.2, -0.15) is 0 Å². The number of rotatable bonds is 4. The molecule has 124 valence electrons. The minimum absolute atomic E-state index is 0.0135. The number of sulfone groups is 1. The maximum absolute atomic E-state index is 12.6. The van der Waals surface area contributed by atoms with Gasteiger partial charge in [-0.25, -0.2) is 8.42 Å². The lowest BCUT2D eigenvalue weighted by molar-refractivity contribution is -0.384. The molecule has 0 radical (unpaired) electrons. The summed E-state index contributed by atoms with van der Waals surface area (Å²) < 4.78 is 25.2. The SMILES string of the molecule is Cc1ccc(S(=O)(=O)C(O)c2c[nH]c3ccc([N+](=O)[O-])cc23)cc1. The molecule has 0 saturated heterocycles. The minimum atomic E-state index is -4.04. The number of nitrogens with one attached hydrogen (secondary N) is 1. The smallest absolute Gasteiger partial charge is 0.270 e. The number of fused-ring (bicyclic) bond motifs is 1. The summed E-state index contributed by atoms with van der Waals surface area (Å²) >= 11 is 0. The molecule has 1 atom stereocenters. The third kappa shape index (κ3) is 2.66. The summed E-state index contributed by atoms with van der Waals surface area (Å²) in [5.74, 6) is 0. The average molecular weight is 346 g/mol. The van der Waals surface area contributed by atoms with Crippen molar-refractivity contribution in [2.24, 2.45) is 0 Å². The van der Waals surface area contributed by atoms with E-state index in [1.807, 2.05) is 6.92 Å². The second-order valence-corrected chi connectivity index (χ2v) is 7.45. The van der Waals surface area contributed by atoms with Gasteiger partial charge in [-0.3, -0.25) is 10.1 Å². The number of nitro groups is 1. The lowest BCUT2D eigenvalue weighted by Gasteiger charge is -2.12. The minimum Gasteiger partial charge on any atom is -0.373 e. The van der Waals surface area contributed by atoms with Crippen molar-refractivity contribution in [2.45, 2.75) is 17.3 Å². The maximum Gasteiger partial charge on any atom is 0.270 e. The van der Waals surface area contributed by atoms with E-state index in [1.54, 1.807) is 12.1 Å². The molecule has 8 heteroatoms. The van der Waals surface area contributed by atoms with Crippen molar-refractivity contribution in [3.05, 3.63) is 69.9 Å². The van der Waals surface area contributed by atoms with Crippen LogP contribution in [0.2, 0.25) is 0 Å². The molecule has 0 aliphatic rings. The number of aromatic amines is 1. The number of nitrogens with zero attached hydrogens (tertiary/aromatic N) is 1. The lowest BCUT2D eigenvalue weighted by atomic mass is 10.1. The van der Waals surface area contributed by atoms with E-state index >= 15 is 0 Å². The molecule has 2 N–H and O–H groups in total. The first-order chi connectivity index (χ1) is 11.3. The normalized spacial score (nSPS) is 13.1. The van der Waals surface area contributed by atoms with Gasteiger partial charge in [0.25, 0.3) is 5.69 Å². The Morgan fingerprint density at radius 1 is 1.17 bits per heavy atom. The van der Waals surface area contributed by atoms with E-state index in [2.05, 4.69) is 4.98 Å². The van der Waals surface area contributed by atoms with Crippen LogP contribution in [-0.4, -0.2) is 23.4 Å². The Labute approximate surface area is 137 Å². The van der Waals surface area contributed by atoms with E-state index in [-0.39, 0.29) is 16.1 Å². The van der Waals surface area contributed by atoms with Crippen LogP contribution in [0.4, 0.5) is 5.69 Å². The molecule has 0 aliphatic heterocycles. The van der Waals surface area contributed by atoms with Gasteiger partial charge >= 0.3 is 0 Å². The van der Waals surface area contributed by atoms with Gasteiger partial charge in [0.2, 0.25) is 9.84 Å². The van der Waals surface area contributed by atoms with Gasteiger partial charge in [-0.1, -0.05) is 17.7 Å². The van der Waals surface area contributed by atoms with E-state index < -0.39 is 20.2 Å². The quantitative estimate of drug-likeness (QED) is 0.557. The molecule has 0 saturated carbocycles. The highest BCUT2D eigenvalue weighted by molar-refractivity contribution is 7.91. The van der Waals surface area contributed by atoms with Crippen LogP contribution in [0.15, 0.2) is 53.6 Å². The van der Waals surface area contributed by atoms with Crippen molar-refractivity contribution in [2.75, 3.05) is 0 Å². The van der Waals surface area contributed by atoms with Crippen molar-refractivity contribution >= 4 is 26.4 Å². The van der Waals surface area contributed by atoms with Gasteiger partial charge in [0.1, 0.15) is 0 Å². The number of aryl methyl sites for hydroxylation is 1. The van der Waals surface area contributed by atoms with Crippen LogP contribution in [0.5, 0.6) is 0 Å². The largest absolute Gasteiger partial charge is 0.373 e. The van der Waals surface area contributed by atoms with Crippen LogP contribution >= 0.6 is 0 Å². The van der Waals surface area contributed by atoms with Crippen LogP contribution in [0.1, 0.15) is 16.6 Å². The van der Waals surface area contributed by atoms with E-state index in [0.29, 0.717) is 10.9 Å². The molecular weight excluding hydrogens is 332 g/mol. The Hall–Kier alpha value is -2.71. The van der Waals surface area contributed by atoms with Crippen LogP contribution in [0.25, 0.3) is 10.9 Å². The molecule has 0 bridgehead atoms. The molecule has 1 unspecified atom stereocenters. The first-order valence-electron chi connectivity index (χ1n) is 7.05. The molecule has 0 aliphatic carbocycles. The fourth-order valence-corrected chi connectivity index (χ4v) is 3.77. The zero-order valence-corrected chi connectivity index (χ0v) is 13.4. The van der Waals surface area contributed by atoms with Crippen molar-refractivity contribution in [3.63, 3.8) is 0 Å². The summed E-state index contributed by atoms with van der Waals surface area (Å²) in [5.41, 5.74) is -0.520. The molecule has 1 aromatic heterocycles. The highest BCUT2D eigenvalue weighted by atomic mass is 32.2. The monoisotopic (exact) mass is 346 g/mol. The molecule has 0 spiro atoms. The van der Waals surface area contributed by atoms with E-state index in [0.717, 1.165) is 5.56 Å². The molecule has 24 heavy (non-hydrogen) atoms. The zero-order valence-electron chi connectivity index (χ0n) is 12.6. The molecular formula is C16H14N2O5S. The van der Waals surface area contributed by atoms with Gasteiger partial charge in [0, 0.05) is 34.8 Å². The summed E-state index contributed by atoms with van der Waals surface area (Å²) in [5, 5.41) is 21.6. The van der Waals surface area contributed by atoms with Crippen molar-refractivity contribution in [1.29, 1.82) is 0 Å². The predicted molar refractivity (Wildman–Crippen MR) is 88.3 cm³/mol. The highest BCUT2D eigenvalue weighted by Crippen LogP contribution is 2.33. The standard InChI is InChI=1S/C16H14N2O5S/c1-10-2-5-12(6-3-10)24(22,23)16(19)14-9-17-15-7-4-11(18(20)21)8-13(14)15/h2-9,16-17,19H,1H3. The number of aromatic nitrogens is 1. The fraction of sp³-hybridized carbons (Fsp3) is 0.125. The van der Waals surface area contributed by atoms with Gasteiger partial charge in [-0.05, 0) is 25.1 Å². The number of aliphatic hydroxyl groups is 1. The first kappa shape index (κ1) is 16.2. The van der Waals surface area contributed by atoms with E-state index in [1.165, 1.54) is 36.5 Å². The Balaban J connectivity index is 2.10. The van der Waals surface area contributed by atoms with Crippen LogP contribution < -0.4 is 0 Å². The van der Waals surface area contributed by atoms with Crippen LogP contribution in [0.3, 0.4) is 0 Å². The highest BCUT2D eigenvalue weighted by Gasteiger charge is 2.29. The summed E-state index contributed by atoms with van der Waals surface area (Å²) in [6, 6.07) is 10.1. The van der Waals surface area contributed by atoms with Crippen LogP contribution in [0, 0.1) is 17.0 Å².